The summed E-state index contributed by atoms with van der Waals surface area (Å²) < 4.78 is 2.74. The summed E-state index contributed by atoms with van der Waals surface area (Å²) in [5, 5.41) is 17.2. The third-order valence-corrected chi connectivity index (χ3v) is 5.12. The Morgan fingerprint density at radius 3 is 2.19 bits per heavy atom. The molecule has 2 N–H and O–H groups in total. The average molecular weight is 379 g/mol. The summed E-state index contributed by atoms with van der Waals surface area (Å²) in [6, 6.07) is -0.826. The Bertz CT molecular complexity index is 733. The van der Waals surface area contributed by atoms with Crippen LogP contribution in [0.1, 0.15) is 43.4 Å². The van der Waals surface area contributed by atoms with Gasteiger partial charge < -0.3 is 10.1 Å². The number of rotatable bonds is 7. The first kappa shape index (κ1) is 20.9. The van der Waals surface area contributed by atoms with E-state index in [2.05, 4.69) is 15.5 Å². The maximum absolute atomic E-state index is 12.9. The van der Waals surface area contributed by atoms with Crippen molar-refractivity contribution in [1.29, 1.82) is 0 Å². The predicted octanol–water partition coefficient (Wildman–Crippen LogP) is 0.412. The lowest BCUT2D eigenvalue weighted by molar-refractivity contribution is -0.622. The summed E-state index contributed by atoms with van der Waals surface area (Å²) in [6.07, 6.45) is 0.821. The lowest BCUT2D eigenvalue weighted by Crippen LogP contribution is -2.58. The van der Waals surface area contributed by atoms with Crippen LogP contribution in [0.25, 0.3) is 0 Å². The van der Waals surface area contributed by atoms with Gasteiger partial charge in [0.25, 0.3) is 5.82 Å². The third kappa shape index (κ3) is 4.13. The van der Waals surface area contributed by atoms with E-state index in [-0.39, 0.29) is 5.92 Å². The Hall–Kier alpha value is -2.42. The molecule has 0 saturated carbocycles. The molecule has 0 aliphatic carbocycles. The Morgan fingerprint density at radius 1 is 1.15 bits per heavy atom. The predicted molar refractivity (Wildman–Crippen MR) is 98.8 cm³/mol. The summed E-state index contributed by atoms with van der Waals surface area (Å²) in [4.78, 5) is 38.3. The molecule has 0 aromatic carbocycles. The number of amides is 4. The highest BCUT2D eigenvalue weighted by Gasteiger charge is 2.47. The molecular weight excluding hydrogens is 350 g/mol. The van der Waals surface area contributed by atoms with Crippen molar-refractivity contribution in [3.63, 3.8) is 0 Å². The van der Waals surface area contributed by atoms with Crippen molar-refractivity contribution in [2.45, 2.75) is 46.6 Å². The third-order valence-electron chi connectivity index (χ3n) is 5.12. The van der Waals surface area contributed by atoms with Gasteiger partial charge in [0.15, 0.2) is 0 Å². The molecule has 1 aliphatic rings. The van der Waals surface area contributed by atoms with Gasteiger partial charge in [0.1, 0.15) is 17.3 Å². The maximum Gasteiger partial charge on any atom is 0.328 e. The molecule has 4 amide bonds. The van der Waals surface area contributed by atoms with E-state index >= 15 is 0 Å². The summed E-state index contributed by atoms with van der Waals surface area (Å²) in [5.74, 6) is -2.89. The van der Waals surface area contributed by atoms with Crippen LogP contribution in [0, 0.1) is 30.9 Å². The number of carbonyl (C=O) groups is 3. The number of nitrogens with one attached hydrogen (secondary N) is 2. The summed E-state index contributed by atoms with van der Waals surface area (Å²) >= 11 is 0. The summed E-state index contributed by atoms with van der Waals surface area (Å²) in [5.41, 5.74) is 1.37. The van der Waals surface area contributed by atoms with Gasteiger partial charge in [0.2, 0.25) is 11.8 Å². The van der Waals surface area contributed by atoms with Crippen molar-refractivity contribution in [3.8, 4) is 0 Å². The molecular formula is C18H29N5O4. The number of hydrogen-bond acceptors (Lipinski definition) is 5. The van der Waals surface area contributed by atoms with E-state index in [0.29, 0.717) is 18.1 Å². The molecule has 1 atom stereocenters. The van der Waals surface area contributed by atoms with E-state index in [1.807, 2.05) is 39.4 Å². The molecule has 2 heterocycles. The van der Waals surface area contributed by atoms with Gasteiger partial charge in [-0.05, 0) is 26.4 Å². The van der Waals surface area contributed by atoms with E-state index in [4.69, 9.17) is 0 Å². The van der Waals surface area contributed by atoms with Crippen LogP contribution in [-0.2, 0) is 16.1 Å². The van der Waals surface area contributed by atoms with Crippen molar-refractivity contribution in [2.24, 2.45) is 11.8 Å². The highest BCUT2D eigenvalue weighted by molar-refractivity contribution is 6.16. The van der Waals surface area contributed by atoms with E-state index in [9.17, 15) is 19.6 Å². The molecule has 1 aromatic rings. The smallest absolute Gasteiger partial charge is 0.328 e. The molecule has 9 heteroatoms. The first-order chi connectivity index (χ1) is 12.6. The second kappa shape index (κ2) is 8.08. The topological polar surface area (TPSA) is 110 Å². The van der Waals surface area contributed by atoms with Gasteiger partial charge in [0, 0.05) is 20.4 Å². The number of urea groups is 1. The number of nitrogens with zero attached hydrogens (tertiary/aromatic N) is 3. The lowest BCUT2D eigenvalue weighted by atomic mass is 9.80. The molecule has 27 heavy (non-hydrogen) atoms. The van der Waals surface area contributed by atoms with Crippen molar-refractivity contribution < 1.29 is 19.1 Å². The van der Waals surface area contributed by atoms with Crippen LogP contribution in [0.2, 0.25) is 0 Å². The second-order valence-corrected chi connectivity index (χ2v) is 7.69. The molecule has 2 rings (SSSR count). The van der Waals surface area contributed by atoms with Gasteiger partial charge in [-0.1, -0.05) is 13.8 Å². The summed E-state index contributed by atoms with van der Waals surface area (Å²) in [6.45, 7) is 8.78. The standard InChI is InChI=1S/C18H29N5O4/c1-10(2)13(14-15(24)19-18(26)20-16(14)25)17-22(9-7-8-21(5)6)11(3)12(4)23(17)27/h10,13-14H,7-9H2,1-6H3,(H2,19,20,24,25,26)/t13-/m1/s1. The van der Waals surface area contributed by atoms with E-state index in [1.165, 1.54) is 0 Å². The molecule has 1 saturated heterocycles. The van der Waals surface area contributed by atoms with Gasteiger partial charge in [-0.2, -0.15) is 0 Å². The number of hydrogen-bond donors (Lipinski definition) is 2. The van der Waals surface area contributed by atoms with Crippen molar-refractivity contribution in [1.82, 2.24) is 20.1 Å². The van der Waals surface area contributed by atoms with Crippen LogP contribution < -0.4 is 15.4 Å². The van der Waals surface area contributed by atoms with Crippen LogP contribution in [-0.4, -0.2) is 48.0 Å². The zero-order chi connectivity index (χ0) is 20.5. The number of aromatic nitrogens is 2. The normalized spacial score (nSPS) is 16.8. The second-order valence-electron chi connectivity index (χ2n) is 7.69. The van der Waals surface area contributed by atoms with E-state index in [0.717, 1.165) is 23.4 Å². The molecule has 0 bridgehead atoms. The van der Waals surface area contributed by atoms with E-state index < -0.39 is 29.7 Å². The molecule has 1 aromatic heterocycles. The Morgan fingerprint density at radius 2 is 1.70 bits per heavy atom. The molecule has 150 valence electrons. The molecule has 0 radical (unpaired) electrons. The lowest BCUT2D eigenvalue weighted by Gasteiger charge is -2.29. The SMILES string of the molecule is Cc1c(C)[n+]([O-])c([C@H](C(C)C)C2C(=O)NC(=O)NC2=O)n1CCCN(C)C. The van der Waals surface area contributed by atoms with Gasteiger partial charge in [-0.15, -0.1) is 0 Å². The Labute approximate surface area is 159 Å². The highest BCUT2D eigenvalue weighted by Crippen LogP contribution is 2.33. The summed E-state index contributed by atoms with van der Waals surface area (Å²) in [7, 11) is 3.96. The van der Waals surface area contributed by atoms with Crippen molar-refractivity contribution >= 4 is 17.8 Å². The molecule has 0 spiro atoms. The van der Waals surface area contributed by atoms with Crippen molar-refractivity contribution in [3.05, 3.63) is 22.4 Å². The van der Waals surface area contributed by atoms with Crippen LogP contribution in [0.3, 0.4) is 0 Å². The minimum atomic E-state index is -1.14. The minimum Gasteiger partial charge on any atom is -0.711 e. The zero-order valence-electron chi connectivity index (χ0n) is 16.8. The van der Waals surface area contributed by atoms with Crippen LogP contribution in [0.15, 0.2) is 0 Å². The van der Waals surface area contributed by atoms with Gasteiger partial charge in [0.05, 0.1) is 12.5 Å². The zero-order valence-corrected chi connectivity index (χ0v) is 16.8. The number of imidazole rings is 1. The van der Waals surface area contributed by atoms with Gasteiger partial charge in [-0.25, -0.2) is 14.1 Å². The molecule has 1 fully saturated rings. The van der Waals surface area contributed by atoms with Crippen LogP contribution >= 0.6 is 0 Å². The minimum absolute atomic E-state index is 0.166. The molecule has 1 aliphatic heterocycles. The number of imide groups is 2. The van der Waals surface area contributed by atoms with Gasteiger partial charge >= 0.3 is 6.03 Å². The van der Waals surface area contributed by atoms with Crippen LogP contribution in [0.4, 0.5) is 4.79 Å². The molecule has 9 nitrogen and oxygen atoms in total. The fraction of sp³-hybridized carbons (Fsp3) is 0.667. The first-order valence-electron chi connectivity index (χ1n) is 9.15. The first-order valence-corrected chi connectivity index (χ1v) is 9.15. The Balaban J connectivity index is 2.50. The number of barbiturate groups is 1. The maximum atomic E-state index is 12.9. The largest absolute Gasteiger partial charge is 0.711 e. The fourth-order valence-corrected chi connectivity index (χ4v) is 3.63. The quantitative estimate of drug-likeness (QED) is 0.405. The van der Waals surface area contributed by atoms with E-state index in [1.54, 1.807) is 6.92 Å². The average Bonchev–Trinajstić information content (AvgIpc) is 2.74. The molecule has 0 unspecified atom stereocenters. The van der Waals surface area contributed by atoms with Crippen molar-refractivity contribution in [2.75, 3.05) is 20.6 Å². The monoisotopic (exact) mass is 379 g/mol. The highest BCUT2D eigenvalue weighted by atomic mass is 16.5. The van der Waals surface area contributed by atoms with Crippen LogP contribution in [0.5, 0.6) is 0 Å². The van der Waals surface area contributed by atoms with Gasteiger partial charge in [-0.3, -0.25) is 20.2 Å². The fourth-order valence-electron chi connectivity index (χ4n) is 3.63. The Kier molecular flexibility index (Phi) is 6.25. The number of carbonyl (C=O) groups excluding carboxylic acids is 3.